The number of hydrogen-bond donors (Lipinski definition) is 1. The Labute approximate surface area is 139 Å². The van der Waals surface area contributed by atoms with Gasteiger partial charge in [-0.05, 0) is 67.2 Å². The lowest BCUT2D eigenvalue weighted by atomic mass is 9.39. The summed E-state index contributed by atoms with van der Waals surface area (Å²) in [6.07, 6.45) is 6.37. The third kappa shape index (κ3) is 2.56. The zero-order valence-electron chi connectivity index (χ0n) is 14.6. The van der Waals surface area contributed by atoms with E-state index >= 15 is 0 Å². The van der Waals surface area contributed by atoms with Crippen LogP contribution < -0.4 is 10.1 Å². The van der Waals surface area contributed by atoms with Crippen molar-refractivity contribution in [1.29, 1.82) is 0 Å². The van der Waals surface area contributed by atoms with E-state index in [2.05, 4.69) is 32.2 Å². The number of anilines is 1. The number of ether oxygens (including phenoxy) is 1. The van der Waals surface area contributed by atoms with Crippen LogP contribution in [0.2, 0.25) is 0 Å². The fourth-order valence-corrected chi connectivity index (χ4v) is 4.61. The highest BCUT2D eigenvalue weighted by atomic mass is 16.5. The molecule has 3 aliphatic carbocycles. The smallest absolute Gasteiger partial charge is 0.224 e. The molecule has 0 heterocycles. The van der Waals surface area contributed by atoms with Crippen molar-refractivity contribution in [3.05, 3.63) is 35.9 Å². The quantitative estimate of drug-likeness (QED) is 0.793. The summed E-state index contributed by atoms with van der Waals surface area (Å²) >= 11 is 0. The van der Waals surface area contributed by atoms with E-state index in [0.29, 0.717) is 11.8 Å². The van der Waals surface area contributed by atoms with E-state index < -0.39 is 0 Å². The Morgan fingerprint density at radius 1 is 1.30 bits per heavy atom. The molecule has 2 bridgehead atoms. The van der Waals surface area contributed by atoms with Crippen LogP contribution in [-0.4, -0.2) is 13.0 Å². The van der Waals surface area contributed by atoms with Gasteiger partial charge in [0.25, 0.3) is 0 Å². The molecule has 4 rings (SSSR count). The Kier molecular flexibility index (Phi) is 3.99. The number of allylic oxidation sites excluding steroid dienone is 2. The fraction of sp³-hybridized carbons (Fsp3) is 0.550. The van der Waals surface area contributed by atoms with Crippen LogP contribution in [0.15, 0.2) is 35.9 Å². The summed E-state index contributed by atoms with van der Waals surface area (Å²) in [7, 11) is 1.64. The predicted octanol–water partition coefficient (Wildman–Crippen LogP) is 4.80. The number of benzene rings is 1. The van der Waals surface area contributed by atoms with Gasteiger partial charge in [0, 0.05) is 12.1 Å². The molecule has 1 N–H and O–H groups in total. The van der Waals surface area contributed by atoms with Gasteiger partial charge in [0.05, 0.1) is 7.11 Å². The number of nitrogens with one attached hydrogen (secondary N) is 1. The van der Waals surface area contributed by atoms with Gasteiger partial charge in [-0.25, -0.2) is 0 Å². The van der Waals surface area contributed by atoms with Crippen molar-refractivity contribution in [3.8, 4) is 5.75 Å². The van der Waals surface area contributed by atoms with E-state index in [1.807, 2.05) is 24.3 Å². The number of methoxy groups -OCH3 is 1. The standard InChI is InChI=1S/C20H27NO2/c1-14-5-6-15-13-20(14,19(15,2)3)12-11-18(22)21-16-7-9-17(23-4)10-8-16/h5,7-10,15H,6,11-13H2,1-4H3,(H,21,22)/t15-,20-/m1/s1. The van der Waals surface area contributed by atoms with Crippen LogP contribution in [0.3, 0.4) is 0 Å². The third-order valence-electron chi connectivity index (χ3n) is 6.46. The van der Waals surface area contributed by atoms with Crippen LogP contribution in [0.5, 0.6) is 5.75 Å². The maximum atomic E-state index is 12.3. The molecule has 1 saturated carbocycles. The second-order valence-electron chi connectivity index (χ2n) is 7.60. The molecule has 3 aliphatic rings. The van der Waals surface area contributed by atoms with Crippen molar-refractivity contribution in [2.75, 3.05) is 12.4 Å². The predicted molar refractivity (Wildman–Crippen MR) is 93.6 cm³/mol. The van der Waals surface area contributed by atoms with Gasteiger partial charge in [0.1, 0.15) is 5.75 Å². The van der Waals surface area contributed by atoms with Crippen LogP contribution >= 0.6 is 0 Å². The highest BCUT2D eigenvalue weighted by Gasteiger charge is 2.61. The molecule has 124 valence electrons. The van der Waals surface area contributed by atoms with Crippen molar-refractivity contribution in [2.45, 2.75) is 46.5 Å². The number of fused-ring (bicyclic) bond motifs is 1. The molecule has 2 atom stereocenters. The van der Waals surface area contributed by atoms with Crippen LogP contribution in [0.4, 0.5) is 5.69 Å². The van der Waals surface area contributed by atoms with Crippen LogP contribution in [0.25, 0.3) is 0 Å². The lowest BCUT2D eigenvalue weighted by Gasteiger charge is -2.66. The topological polar surface area (TPSA) is 38.3 Å². The summed E-state index contributed by atoms with van der Waals surface area (Å²) in [4.78, 5) is 12.3. The molecule has 1 amide bonds. The Balaban J connectivity index is 1.60. The van der Waals surface area contributed by atoms with Crippen LogP contribution in [-0.2, 0) is 4.79 Å². The molecular weight excluding hydrogens is 286 g/mol. The number of rotatable bonds is 5. The summed E-state index contributed by atoms with van der Waals surface area (Å²) < 4.78 is 5.14. The van der Waals surface area contributed by atoms with E-state index in [1.165, 1.54) is 18.4 Å². The highest BCUT2D eigenvalue weighted by molar-refractivity contribution is 5.90. The maximum Gasteiger partial charge on any atom is 0.224 e. The number of carbonyl (C=O) groups is 1. The second kappa shape index (κ2) is 5.70. The Hall–Kier alpha value is -1.77. The molecule has 0 saturated heterocycles. The molecule has 0 unspecified atom stereocenters. The van der Waals surface area contributed by atoms with Gasteiger partial charge < -0.3 is 10.1 Å². The maximum absolute atomic E-state index is 12.3. The summed E-state index contributed by atoms with van der Waals surface area (Å²) in [5, 5.41) is 3.00. The number of carbonyl (C=O) groups excluding carboxylic acids is 1. The summed E-state index contributed by atoms with van der Waals surface area (Å²) in [5.41, 5.74) is 2.87. The minimum absolute atomic E-state index is 0.0992. The summed E-state index contributed by atoms with van der Waals surface area (Å²) in [6, 6.07) is 7.48. The average molecular weight is 313 g/mol. The molecule has 1 aromatic rings. The van der Waals surface area contributed by atoms with Gasteiger partial charge in [-0.1, -0.05) is 25.5 Å². The first-order valence-corrected chi connectivity index (χ1v) is 8.50. The van der Waals surface area contributed by atoms with E-state index in [0.717, 1.165) is 23.8 Å². The van der Waals surface area contributed by atoms with Gasteiger partial charge >= 0.3 is 0 Å². The first-order chi connectivity index (χ1) is 10.9. The lowest BCUT2D eigenvalue weighted by Crippen LogP contribution is -2.57. The van der Waals surface area contributed by atoms with Crippen molar-refractivity contribution in [1.82, 2.24) is 0 Å². The van der Waals surface area contributed by atoms with E-state index in [1.54, 1.807) is 7.11 Å². The van der Waals surface area contributed by atoms with Crippen molar-refractivity contribution < 1.29 is 9.53 Å². The van der Waals surface area contributed by atoms with Crippen LogP contribution in [0, 0.1) is 16.7 Å². The van der Waals surface area contributed by atoms with E-state index in [-0.39, 0.29) is 11.3 Å². The minimum Gasteiger partial charge on any atom is -0.497 e. The summed E-state index contributed by atoms with van der Waals surface area (Å²) in [5.74, 6) is 1.69. The lowest BCUT2D eigenvalue weighted by molar-refractivity contribution is -0.125. The molecule has 0 spiro atoms. The van der Waals surface area contributed by atoms with Gasteiger partial charge in [-0.3, -0.25) is 4.79 Å². The van der Waals surface area contributed by atoms with Gasteiger partial charge in [0.15, 0.2) is 0 Å². The Morgan fingerprint density at radius 3 is 2.57 bits per heavy atom. The largest absolute Gasteiger partial charge is 0.497 e. The molecular formula is C20H27NO2. The Morgan fingerprint density at radius 2 is 2.00 bits per heavy atom. The second-order valence-corrected chi connectivity index (χ2v) is 7.60. The van der Waals surface area contributed by atoms with Crippen LogP contribution in [0.1, 0.15) is 46.5 Å². The first kappa shape index (κ1) is 16.1. The fourth-order valence-electron chi connectivity index (χ4n) is 4.61. The average Bonchev–Trinajstić information content (AvgIpc) is 2.54. The molecule has 3 nitrogen and oxygen atoms in total. The SMILES string of the molecule is COc1ccc(NC(=O)CC[C@@]23C[C@@H](CC=C2C)C3(C)C)cc1. The zero-order valence-corrected chi connectivity index (χ0v) is 14.6. The zero-order chi connectivity index (χ0) is 16.7. The van der Waals surface area contributed by atoms with Gasteiger partial charge in [-0.15, -0.1) is 0 Å². The minimum atomic E-state index is 0.0992. The molecule has 1 fully saturated rings. The van der Waals surface area contributed by atoms with Gasteiger partial charge in [-0.2, -0.15) is 0 Å². The molecule has 1 aromatic carbocycles. The van der Waals surface area contributed by atoms with Crippen molar-refractivity contribution >= 4 is 11.6 Å². The molecule has 3 heteroatoms. The molecule has 0 aromatic heterocycles. The Bertz CT molecular complexity index is 630. The third-order valence-corrected chi connectivity index (χ3v) is 6.46. The van der Waals surface area contributed by atoms with Crippen molar-refractivity contribution in [3.63, 3.8) is 0 Å². The summed E-state index contributed by atoms with van der Waals surface area (Å²) in [6.45, 7) is 7.00. The van der Waals surface area contributed by atoms with E-state index in [4.69, 9.17) is 4.74 Å². The number of hydrogen-bond acceptors (Lipinski definition) is 2. The molecule has 0 aliphatic heterocycles. The van der Waals surface area contributed by atoms with Gasteiger partial charge in [0.2, 0.25) is 5.91 Å². The molecule has 0 radical (unpaired) electrons. The molecule has 23 heavy (non-hydrogen) atoms. The first-order valence-electron chi connectivity index (χ1n) is 8.50. The number of amides is 1. The van der Waals surface area contributed by atoms with Crippen molar-refractivity contribution in [2.24, 2.45) is 16.7 Å². The monoisotopic (exact) mass is 313 g/mol. The highest BCUT2D eigenvalue weighted by Crippen LogP contribution is 2.69. The van der Waals surface area contributed by atoms with E-state index in [9.17, 15) is 4.79 Å². The normalized spacial score (nSPS) is 27.7.